The molecule has 0 unspecified atom stereocenters. The largest absolute Gasteiger partial charge is 0.353 e. The van der Waals surface area contributed by atoms with Gasteiger partial charge in [-0.1, -0.05) is 17.7 Å². The number of aryl methyl sites for hydroxylation is 1. The third-order valence-corrected chi connectivity index (χ3v) is 3.63. The van der Waals surface area contributed by atoms with Crippen molar-refractivity contribution >= 4 is 29.1 Å². The lowest BCUT2D eigenvalue weighted by atomic mass is 10.2. The molecule has 1 fully saturated rings. The Hall–Kier alpha value is -2.06. The Bertz CT molecular complexity index is 577. The highest BCUT2D eigenvalue weighted by molar-refractivity contribution is 6.31. The highest BCUT2D eigenvalue weighted by Crippen LogP contribution is 2.24. The monoisotopic (exact) mass is 291 g/mol. The first-order chi connectivity index (χ1) is 9.52. The van der Waals surface area contributed by atoms with Gasteiger partial charge in [0, 0.05) is 17.3 Å². The minimum absolute atomic E-state index is 0.122. The van der Waals surface area contributed by atoms with Crippen molar-refractivity contribution < 1.29 is 9.59 Å². The number of anilines is 1. The van der Waals surface area contributed by atoms with Gasteiger partial charge in [-0.15, -0.1) is 0 Å². The number of benzene rings is 1. The van der Waals surface area contributed by atoms with Gasteiger partial charge in [0.25, 0.3) is 0 Å². The molecule has 1 heterocycles. The number of amides is 2. The van der Waals surface area contributed by atoms with Crippen LogP contribution in [0.2, 0.25) is 5.02 Å². The van der Waals surface area contributed by atoms with E-state index < -0.39 is 0 Å². The number of hydrogen-bond acceptors (Lipinski definition) is 4. The fourth-order valence-corrected chi connectivity index (χ4v) is 2.24. The van der Waals surface area contributed by atoms with Gasteiger partial charge in [0.05, 0.1) is 25.6 Å². The average molecular weight is 292 g/mol. The average Bonchev–Trinajstić information content (AvgIpc) is 2.41. The summed E-state index contributed by atoms with van der Waals surface area (Å²) in [5.74, 6) is -0.568. The van der Waals surface area contributed by atoms with Gasteiger partial charge in [-0.25, -0.2) is 0 Å². The van der Waals surface area contributed by atoms with E-state index in [1.807, 2.05) is 25.1 Å². The van der Waals surface area contributed by atoms with Crippen molar-refractivity contribution in [3.8, 4) is 6.07 Å². The normalized spacial score (nSPS) is 15.4. The van der Waals surface area contributed by atoms with Gasteiger partial charge in [-0.05, 0) is 24.6 Å². The van der Waals surface area contributed by atoms with E-state index >= 15 is 0 Å². The molecule has 1 aliphatic heterocycles. The van der Waals surface area contributed by atoms with Crippen molar-refractivity contribution in [2.75, 3.05) is 24.5 Å². The molecule has 0 aliphatic carbocycles. The van der Waals surface area contributed by atoms with Crippen LogP contribution in [0.4, 0.5) is 5.69 Å². The second-order valence-electron chi connectivity index (χ2n) is 4.64. The summed E-state index contributed by atoms with van der Waals surface area (Å²) in [7, 11) is 0. The first-order valence-corrected chi connectivity index (χ1v) is 6.62. The fraction of sp³-hybridized carbons (Fsp3) is 0.357. The summed E-state index contributed by atoms with van der Waals surface area (Å²) in [6, 6.07) is 7.38. The van der Waals surface area contributed by atoms with E-state index in [0.29, 0.717) is 5.02 Å². The van der Waals surface area contributed by atoms with Crippen LogP contribution >= 0.6 is 11.6 Å². The highest BCUT2D eigenvalue weighted by Gasteiger charge is 2.30. The van der Waals surface area contributed by atoms with Crippen molar-refractivity contribution in [1.29, 1.82) is 5.26 Å². The Morgan fingerprint density at radius 1 is 1.30 bits per heavy atom. The van der Waals surface area contributed by atoms with Crippen LogP contribution in [-0.2, 0) is 9.59 Å². The first-order valence-electron chi connectivity index (χ1n) is 6.24. The van der Waals surface area contributed by atoms with Crippen LogP contribution in [0, 0.1) is 18.3 Å². The van der Waals surface area contributed by atoms with E-state index in [-0.39, 0.29) is 37.9 Å². The van der Waals surface area contributed by atoms with Gasteiger partial charge < -0.3 is 4.90 Å². The van der Waals surface area contributed by atoms with Crippen LogP contribution in [0.15, 0.2) is 18.2 Å². The second kappa shape index (κ2) is 5.93. The summed E-state index contributed by atoms with van der Waals surface area (Å²) in [4.78, 5) is 26.8. The molecule has 20 heavy (non-hydrogen) atoms. The number of carbonyl (C=O) groups is 2. The number of carbonyl (C=O) groups excluding carboxylic acids is 2. The number of rotatable bonds is 3. The molecular formula is C14H14ClN3O2. The third-order valence-electron chi connectivity index (χ3n) is 3.22. The molecule has 0 radical (unpaired) electrons. The number of nitriles is 1. The van der Waals surface area contributed by atoms with Crippen molar-refractivity contribution in [3.05, 3.63) is 28.8 Å². The topological polar surface area (TPSA) is 64.4 Å². The summed E-state index contributed by atoms with van der Waals surface area (Å²) >= 11 is 6.06. The van der Waals surface area contributed by atoms with Crippen LogP contribution in [-0.4, -0.2) is 36.3 Å². The van der Waals surface area contributed by atoms with E-state index in [0.717, 1.165) is 16.2 Å². The maximum atomic E-state index is 12.0. The number of piperazine rings is 1. The molecule has 104 valence electrons. The second-order valence-corrected chi connectivity index (χ2v) is 5.04. The van der Waals surface area contributed by atoms with E-state index in [1.165, 1.54) is 0 Å². The van der Waals surface area contributed by atoms with Crippen LogP contribution < -0.4 is 4.90 Å². The zero-order chi connectivity index (χ0) is 14.7. The Balaban J connectivity index is 2.14. The standard InChI is InChI=1S/C14H14ClN3O2/c1-10-3-4-11(7-12(10)15)17-8-13(19)18(6-2-5-16)14(20)9-17/h3-4,7H,2,6,8-9H2,1H3. The summed E-state index contributed by atoms with van der Waals surface area (Å²) in [5, 5.41) is 9.14. The number of nitrogens with zero attached hydrogens (tertiary/aromatic N) is 3. The zero-order valence-electron chi connectivity index (χ0n) is 11.1. The Morgan fingerprint density at radius 3 is 2.50 bits per heavy atom. The molecule has 0 saturated carbocycles. The quantitative estimate of drug-likeness (QED) is 0.796. The maximum Gasteiger partial charge on any atom is 0.248 e. The minimum Gasteiger partial charge on any atom is -0.353 e. The van der Waals surface area contributed by atoms with E-state index in [4.69, 9.17) is 16.9 Å². The molecule has 1 aromatic carbocycles. The predicted octanol–water partition coefficient (Wildman–Crippen LogP) is 1.74. The van der Waals surface area contributed by atoms with Crippen LogP contribution in [0.3, 0.4) is 0 Å². The number of hydrogen-bond donors (Lipinski definition) is 0. The lowest BCUT2D eigenvalue weighted by Gasteiger charge is -2.33. The molecule has 1 aliphatic rings. The smallest absolute Gasteiger partial charge is 0.248 e. The van der Waals surface area contributed by atoms with Crippen LogP contribution in [0.5, 0.6) is 0 Å². The van der Waals surface area contributed by atoms with Gasteiger partial charge in [-0.3, -0.25) is 14.5 Å². The molecule has 2 amide bonds. The molecule has 6 heteroatoms. The molecule has 2 rings (SSSR count). The molecule has 1 saturated heterocycles. The van der Waals surface area contributed by atoms with Gasteiger partial charge in [-0.2, -0.15) is 5.26 Å². The zero-order valence-corrected chi connectivity index (χ0v) is 11.9. The predicted molar refractivity (Wildman–Crippen MR) is 75.4 cm³/mol. The summed E-state index contributed by atoms with van der Waals surface area (Å²) < 4.78 is 0. The van der Waals surface area contributed by atoms with Gasteiger partial charge in [0.15, 0.2) is 0 Å². The Morgan fingerprint density at radius 2 is 1.95 bits per heavy atom. The molecule has 0 N–H and O–H groups in total. The van der Waals surface area contributed by atoms with Crippen molar-refractivity contribution in [1.82, 2.24) is 4.90 Å². The first kappa shape index (κ1) is 14.4. The molecule has 0 bridgehead atoms. The lowest BCUT2D eigenvalue weighted by Crippen LogP contribution is -2.54. The molecule has 5 nitrogen and oxygen atoms in total. The van der Waals surface area contributed by atoms with Crippen molar-refractivity contribution in [2.45, 2.75) is 13.3 Å². The minimum atomic E-state index is -0.284. The fourth-order valence-electron chi connectivity index (χ4n) is 2.06. The molecular weight excluding hydrogens is 278 g/mol. The lowest BCUT2D eigenvalue weighted by molar-refractivity contribution is -0.145. The van der Waals surface area contributed by atoms with E-state index in [1.54, 1.807) is 11.0 Å². The van der Waals surface area contributed by atoms with Gasteiger partial charge in [0.1, 0.15) is 0 Å². The van der Waals surface area contributed by atoms with Crippen molar-refractivity contribution in [3.63, 3.8) is 0 Å². The van der Waals surface area contributed by atoms with Gasteiger partial charge >= 0.3 is 0 Å². The molecule has 0 atom stereocenters. The van der Waals surface area contributed by atoms with Gasteiger partial charge in [0.2, 0.25) is 11.8 Å². The summed E-state index contributed by atoms with van der Waals surface area (Å²) in [6.45, 7) is 2.30. The Kier molecular flexibility index (Phi) is 4.26. The van der Waals surface area contributed by atoms with Crippen LogP contribution in [0.1, 0.15) is 12.0 Å². The van der Waals surface area contributed by atoms with Crippen molar-refractivity contribution in [2.24, 2.45) is 0 Å². The maximum absolute atomic E-state index is 12.0. The molecule has 0 aromatic heterocycles. The third kappa shape index (κ3) is 2.91. The molecule has 1 aromatic rings. The Labute approximate surface area is 122 Å². The highest BCUT2D eigenvalue weighted by atomic mass is 35.5. The van der Waals surface area contributed by atoms with Crippen LogP contribution in [0.25, 0.3) is 0 Å². The van der Waals surface area contributed by atoms with E-state index in [2.05, 4.69) is 0 Å². The summed E-state index contributed by atoms with van der Waals surface area (Å²) in [5.41, 5.74) is 1.70. The number of halogens is 1. The van der Waals surface area contributed by atoms with E-state index in [9.17, 15) is 9.59 Å². The molecule has 0 spiro atoms. The number of imide groups is 1. The summed E-state index contributed by atoms with van der Waals surface area (Å²) in [6.07, 6.45) is 0.161. The SMILES string of the molecule is Cc1ccc(N2CC(=O)N(CCC#N)C(=O)C2)cc1Cl.